The number of carboxylic acids is 1. The maximum absolute atomic E-state index is 10.7. The minimum atomic E-state index is -1.11. The Bertz CT molecular complexity index is 680. The third kappa shape index (κ3) is 3.67. The molecule has 2 aromatic rings. The second-order valence-corrected chi connectivity index (χ2v) is 5.13. The molecule has 3 N–H and O–H groups in total. The topological polar surface area (TPSA) is 137 Å². The van der Waals surface area contributed by atoms with Gasteiger partial charge in [0.25, 0.3) is 0 Å². The number of nitro groups is 1. The van der Waals surface area contributed by atoms with Crippen molar-refractivity contribution in [2.45, 2.75) is 19.0 Å². The lowest BCUT2D eigenvalue weighted by Gasteiger charge is -2.02. The number of hydrogen-bond acceptors (Lipinski definition) is 6. The van der Waals surface area contributed by atoms with Crippen LogP contribution in [0.25, 0.3) is 0 Å². The van der Waals surface area contributed by atoms with Gasteiger partial charge in [-0.3, -0.25) is 4.79 Å². The van der Waals surface area contributed by atoms with Crippen molar-refractivity contribution in [3.63, 3.8) is 0 Å². The van der Waals surface area contributed by atoms with Gasteiger partial charge < -0.3 is 25.4 Å². The Morgan fingerprint density at radius 1 is 1.57 bits per heavy atom. The summed E-state index contributed by atoms with van der Waals surface area (Å²) in [7, 11) is 0. The van der Waals surface area contributed by atoms with Crippen molar-refractivity contribution in [1.29, 1.82) is 0 Å². The zero-order valence-electron chi connectivity index (χ0n) is 10.6. The predicted octanol–water partition coefficient (Wildman–Crippen LogP) is 1.15. The monoisotopic (exact) mass is 358 g/mol. The Kier molecular flexibility index (Phi) is 4.38. The first-order valence-corrected chi connectivity index (χ1v) is 6.59. The number of rotatable bonds is 6. The third-order valence-electron chi connectivity index (χ3n) is 2.65. The lowest BCUT2D eigenvalue weighted by molar-refractivity contribution is -0.390. The number of aliphatic carboxylic acids is 1. The number of hydrogen-bond donors (Lipinski definition) is 2. The second kappa shape index (κ2) is 6.06. The highest BCUT2D eigenvalue weighted by Gasteiger charge is 2.20. The first kappa shape index (κ1) is 15.2. The van der Waals surface area contributed by atoms with E-state index in [1.54, 1.807) is 12.1 Å². The zero-order valence-corrected chi connectivity index (χ0v) is 12.2. The van der Waals surface area contributed by atoms with Gasteiger partial charge in [0.05, 0.1) is 11.3 Å². The van der Waals surface area contributed by atoms with Crippen LogP contribution in [-0.4, -0.2) is 31.8 Å². The first-order chi connectivity index (χ1) is 9.86. The molecule has 2 aromatic heterocycles. The molecule has 0 radical (unpaired) electrons. The average molecular weight is 359 g/mol. The summed E-state index contributed by atoms with van der Waals surface area (Å²) >= 11 is 3.05. The van der Waals surface area contributed by atoms with Crippen molar-refractivity contribution in [2.75, 3.05) is 0 Å². The standard InChI is InChI=1S/C11H11BrN4O5/c12-8-5-15(14-10(8)16(19)20)4-7-2-1-6(21-7)3-9(13)11(17)18/h1-2,5,9H,3-4,13H2,(H,17,18). The number of carboxylic acid groups (broad SMARTS) is 1. The highest BCUT2D eigenvalue weighted by atomic mass is 79.9. The summed E-state index contributed by atoms with van der Waals surface area (Å²) in [5, 5.41) is 23.2. The molecule has 0 fully saturated rings. The number of aromatic nitrogens is 2. The van der Waals surface area contributed by atoms with Gasteiger partial charge in [-0.25, -0.2) is 0 Å². The largest absolute Gasteiger partial charge is 0.480 e. The summed E-state index contributed by atoms with van der Waals surface area (Å²) in [6.45, 7) is 0.189. The Labute approximate surface area is 126 Å². The van der Waals surface area contributed by atoms with Crippen LogP contribution in [0.5, 0.6) is 0 Å². The molecule has 0 amide bonds. The predicted molar refractivity (Wildman–Crippen MR) is 73.7 cm³/mol. The van der Waals surface area contributed by atoms with Crippen LogP contribution in [0.15, 0.2) is 27.2 Å². The van der Waals surface area contributed by atoms with Crippen LogP contribution < -0.4 is 5.73 Å². The van der Waals surface area contributed by atoms with E-state index in [-0.39, 0.29) is 23.3 Å². The van der Waals surface area contributed by atoms with Crippen molar-refractivity contribution in [1.82, 2.24) is 9.78 Å². The smallest absolute Gasteiger partial charge is 0.404 e. The molecule has 1 atom stereocenters. The summed E-state index contributed by atoms with van der Waals surface area (Å²) in [6.07, 6.45) is 1.53. The van der Waals surface area contributed by atoms with Gasteiger partial charge in [-0.1, -0.05) is 0 Å². The molecule has 0 aliphatic heterocycles. The molecule has 21 heavy (non-hydrogen) atoms. The lowest BCUT2D eigenvalue weighted by Crippen LogP contribution is -2.32. The van der Waals surface area contributed by atoms with Gasteiger partial charge in [-0.15, -0.1) is 0 Å². The molecule has 0 saturated carbocycles. The van der Waals surface area contributed by atoms with Crippen LogP contribution in [0.1, 0.15) is 11.5 Å². The Balaban J connectivity index is 2.07. The van der Waals surface area contributed by atoms with E-state index in [0.29, 0.717) is 11.5 Å². The van der Waals surface area contributed by atoms with Gasteiger partial charge in [0.2, 0.25) is 0 Å². The van der Waals surface area contributed by atoms with E-state index in [2.05, 4.69) is 21.0 Å². The van der Waals surface area contributed by atoms with Crippen LogP contribution in [0.3, 0.4) is 0 Å². The van der Waals surface area contributed by atoms with E-state index in [1.807, 2.05) is 0 Å². The molecule has 0 saturated heterocycles. The maximum Gasteiger partial charge on any atom is 0.404 e. The van der Waals surface area contributed by atoms with Gasteiger partial charge in [0.15, 0.2) is 0 Å². The quantitative estimate of drug-likeness (QED) is 0.583. The van der Waals surface area contributed by atoms with Crippen molar-refractivity contribution < 1.29 is 19.2 Å². The molecular weight excluding hydrogens is 348 g/mol. The van der Waals surface area contributed by atoms with Crippen molar-refractivity contribution in [3.8, 4) is 0 Å². The molecule has 0 aliphatic rings. The molecule has 2 heterocycles. The number of halogens is 1. The maximum atomic E-state index is 10.7. The first-order valence-electron chi connectivity index (χ1n) is 5.80. The molecule has 0 bridgehead atoms. The lowest BCUT2D eigenvalue weighted by atomic mass is 10.2. The summed E-state index contributed by atoms with van der Waals surface area (Å²) in [5.74, 6) is -0.470. The molecule has 0 spiro atoms. The highest BCUT2D eigenvalue weighted by Crippen LogP contribution is 2.22. The SMILES string of the molecule is NC(Cc1ccc(Cn2cc(Br)c([N+](=O)[O-])n2)o1)C(=O)O. The van der Waals surface area contributed by atoms with E-state index < -0.39 is 16.9 Å². The summed E-state index contributed by atoms with van der Waals surface area (Å²) in [4.78, 5) is 20.7. The molecular formula is C11H11BrN4O5. The Morgan fingerprint density at radius 2 is 2.24 bits per heavy atom. The Hall–Kier alpha value is -2.20. The number of nitrogens with zero attached hydrogens (tertiary/aromatic N) is 3. The van der Waals surface area contributed by atoms with E-state index in [4.69, 9.17) is 15.3 Å². The summed E-state index contributed by atoms with van der Waals surface area (Å²) < 4.78 is 7.05. The minimum Gasteiger partial charge on any atom is -0.480 e. The summed E-state index contributed by atoms with van der Waals surface area (Å²) in [6, 6.07) is 2.22. The van der Waals surface area contributed by atoms with Crippen LogP contribution in [0.2, 0.25) is 0 Å². The van der Waals surface area contributed by atoms with E-state index in [9.17, 15) is 14.9 Å². The zero-order chi connectivity index (χ0) is 15.6. The fourth-order valence-corrected chi connectivity index (χ4v) is 2.13. The van der Waals surface area contributed by atoms with E-state index in [1.165, 1.54) is 10.9 Å². The van der Waals surface area contributed by atoms with Crippen molar-refractivity contribution >= 4 is 27.7 Å². The van der Waals surface area contributed by atoms with Gasteiger partial charge in [-0.2, -0.15) is 4.68 Å². The van der Waals surface area contributed by atoms with Crippen LogP contribution in [0.4, 0.5) is 5.82 Å². The molecule has 0 aliphatic carbocycles. The van der Waals surface area contributed by atoms with Crippen LogP contribution in [0, 0.1) is 10.1 Å². The highest BCUT2D eigenvalue weighted by molar-refractivity contribution is 9.10. The van der Waals surface area contributed by atoms with Crippen molar-refractivity contribution in [2.24, 2.45) is 5.73 Å². The number of furan rings is 1. The Morgan fingerprint density at radius 3 is 2.81 bits per heavy atom. The van der Waals surface area contributed by atoms with Crippen molar-refractivity contribution in [3.05, 3.63) is 44.4 Å². The van der Waals surface area contributed by atoms with E-state index in [0.717, 1.165) is 0 Å². The fraction of sp³-hybridized carbons (Fsp3) is 0.273. The van der Waals surface area contributed by atoms with E-state index >= 15 is 0 Å². The molecule has 1 unspecified atom stereocenters. The minimum absolute atomic E-state index is 0.0677. The third-order valence-corrected chi connectivity index (χ3v) is 3.20. The number of carbonyl (C=O) groups is 1. The molecule has 2 rings (SSSR count). The second-order valence-electron chi connectivity index (χ2n) is 4.27. The van der Waals surface area contributed by atoms with Gasteiger partial charge in [0.1, 0.15) is 28.6 Å². The van der Waals surface area contributed by atoms with Crippen LogP contribution >= 0.6 is 15.9 Å². The van der Waals surface area contributed by atoms with Gasteiger partial charge >= 0.3 is 11.8 Å². The molecule has 0 aromatic carbocycles. The average Bonchev–Trinajstić information content (AvgIpc) is 2.96. The fourth-order valence-electron chi connectivity index (χ4n) is 1.67. The molecule has 10 heteroatoms. The van der Waals surface area contributed by atoms with Gasteiger partial charge in [0, 0.05) is 6.42 Å². The van der Waals surface area contributed by atoms with Crippen LogP contribution in [-0.2, 0) is 17.8 Å². The summed E-state index contributed by atoms with van der Waals surface area (Å²) in [5.41, 5.74) is 5.41. The molecule has 9 nitrogen and oxygen atoms in total. The number of nitrogens with two attached hydrogens (primary N) is 1. The normalized spacial score (nSPS) is 12.3. The molecule has 112 valence electrons. The van der Waals surface area contributed by atoms with Gasteiger partial charge in [-0.05, 0) is 33.0 Å².